The number of phenolic OH excluding ortho intramolecular Hbond substituents is 1. The first-order chi connectivity index (χ1) is 13.0. The van der Waals surface area contributed by atoms with Gasteiger partial charge in [-0.15, -0.1) is 11.8 Å². The molecule has 27 heavy (non-hydrogen) atoms. The number of phenols is 1. The zero-order valence-corrected chi connectivity index (χ0v) is 15.6. The van der Waals surface area contributed by atoms with Crippen molar-refractivity contribution in [3.8, 4) is 5.75 Å². The number of hydrogen-bond donors (Lipinski definition) is 2. The van der Waals surface area contributed by atoms with Crippen molar-refractivity contribution in [2.45, 2.75) is 22.6 Å². The van der Waals surface area contributed by atoms with Crippen LogP contribution in [0.2, 0.25) is 0 Å². The van der Waals surface area contributed by atoms with Crippen molar-refractivity contribution < 1.29 is 19.4 Å². The van der Waals surface area contributed by atoms with Crippen LogP contribution >= 0.6 is 23.1 Å². The Morgan fingerprint density at radius 2 is 1.81 bits per heavy atom. The Kier molecular flexibility index (Phi) is 3.11. The molecule has 2 saturated carbocycles. The van der Waals surface area contributed by atoms with E-state index in [2.05, 4.69) is 4.98 Å². The Balaban J connectivity index is 1.55. The number of aromatic hydroxyl groups is 1. The summed E-state index contributed by atoms with van der Waals surface area (Å²) in [7, 11) is 0. The number of carbonyl (C=O) groups excluding carboxylic acids is 2. The number of para-hydroxylation sites is 1. The molecule has 2 aromatic rings. The van der Waals surface area contributed by atoms with Crippen LogP contribution in [-0.4, -0.2) is 27.3 Å². The number of H-pyrrole nitrogens is 1. The lowest BCUT2D eigenvalue weighted by Crippen LogP contribution is -2.42. The molecule has 0 spiro atoms. The molecule has 3 heterocycles. The van der Waals surface area contributed by atoms with E-state index in [0.717, 1.165) is 21.9 Å². The van der Waals surface area contributed by atoms with Gasteiger partial charge in [0.2, 0.25) is 0 Å². The summed E-state index contributed by atoms with van der Waals surface area (Å²) in [5.74, 6) is -1.29. The van der Waals surface area contributed by atoms with Gasteiger partial charge in [-0.1, -0.05) is 29.5 Å². The van der Waals surface area contributed by atoms with Gasteiger partial charge in [0.15, 0.2) is 0 Å². The first-order valence-electron chi connectivity index (χ1n) is 8.97. The predicted molar refractivity (Wildman–Crippen MR) is 97.7 cm³/mol. The number of thiazole rings is 1. The first-order valence-corrected chi connectivity index (χ1v) is 10.7. The number of hydrogen-bond acceptors (Lipinski definition) is 7. The van der Waals surface area contributed by atoms with Crippen LogP contribution in [0, 0.1) is 29.6 Å². The fraction of sp³-hybridized carbons (Fsp3) is 0.421. The van der Waals surface area contributed by atoms with E-state index in [1.807, 2.05) is 12.1 Å². The summed E-state index contributed by atoms with van der Waals surface area (Å²) in [4.78, 5) is 40.4. The molecule has 0 unspecified atom stereocenters. The molecule has 2 N–H and O–H groups in total. The minimum Gasteiger partial charge on any atom is -0.508 e. The number of nitrogens with one attached hydrogen (secondary N) is 1. The third-order valence-electron chi connectivity index (χ3n) is 6.73. The van der Waals surface area contributed by atoms with Gasteiger partial charge < -0.3 is 14.8 Å². The molecule has 2 bridgehead atoms. The van der Waals surface area contributed by atoms with Crippen LogP contribution < -0.4 is 4.87 Å². The molecule has 1 saturated heterocycles. The number of carbonyl (C=O) groups is 2. The van der Waals surface area contributed by atoms with E-state index in [9.17, 15) is 19.5 Å². The molecule has 4 aliphatic rings. The van der Waals surface area contributed by atoms with Gasteiger partial charge in [-0.25, -0.2) is 0 Å². The maximum absolute atomic E-state index is 12.3. The normalized spacial score (nSPS) is 38.4. The third-order valence-corrected chi connectivity index (χ3v) is 9.32. The average molecular weight is 401 g/mol. The van der Waals surface area contributed by atoms with E-state index >= 15 is 0 Å². The molecule has 138 valence electrons. The molecule has 1 aromatic carbocycles. The molecule has 2 aliphatic carbocycles. The zero-order chi connectivity index (χ0) is 18.4. The SMILES string of the molecule is O=C1OC(=O)[C@H]2[C@H]3C[C@H]([C@@H]12)[C@H]1[C@@H](c2ccccc2O)c2sc(=O)[nH]c2S[C@@H]31. The van der Waals surface area contributed by atoms with Gasteiger partial charge in [0, 0.05) is 21.6 Å². The van der Waals surface area contributed by atoms with Gasteiger partial charge in [0.25, 0.3) is 0 Å². The second kappa shape index (κ2) is 5.26. The molecule has 6 nitrogen and oxygen atoms in total. The van der Waals surface area contributed by atoms with Crippen LogP contribution in [0.3, 0.4) is 0 Å². The summed E-state index contributed by atoms with van der Waals surface area (Å²) in [6, 6.07) is 7.20. The summed E-state index contributed by atoms with van der Waals surface area (Å²) >= 11 is 2.80. The number of cyclic esters (lactones) is 2. The molecule has 7 atom stereocenters. The molecular weight excluding hydrogens is 386 g/mol. The van der Waals surface area contributed by atoms with Crippen molar-refractivity contribution in [1.29, 1.82) is 0 Å². The van der Waals surface area contributed by atoms with Crippen LogP contribution in [0.5, 0.6) is 5.75 Å². The molecular formula is C19H15NO5S2. The second-order valence-corrected chi connectivity index (χ2v) is 9.96. The Hall–Kier alpha value is -2.06. The largest absolute Gasteiger partial charge is 0.508 e. The van der Waals surface area contributed by atoms with Crippen molar-refractivity contribution in [3.05, 3.63) is 44.4 Å². The molecule has 2 aliphatic heterocycles. The summed E-state index contributed by atoms with van der Waals surface area (Å²) in [5.41, 5.74) is 0.783. The average Bonchev–Trinajstić information content (AvgIpc) is 3.35. The van der Waals surface area contributed by atoms with Crippen molar-refractivity contribution in [2.24, 2.45) is 29.6 Å². The van der Waals surface area contributed by atoms with E-state index in [4.69, 9.17) is 4.74 Å². The Morgan fingerprint density at radius 3 is 2.59 bits per heavy atom. The summed E-state index contributed by atoms with van der Waals surface area (Å²) in [6.45, 7) is 0. The molecule has 0 radical (unpaired) electrons. The highest BCUT2D eigenvalue weighted by Crippen LogP contribution is 2.68. The van der Waals surface area contributed by atoms with Gasteiger partial charge in [0.05, 0.1) is 16.9 Å². The lowest BCUT2D eigenvalue weighted by molar-refractivity contribution is -0.154. The second-order valence-electron chi connectivity index (χ2n) is 7.76. The number of aromatic nitrogens is 1. The van der Waals surface area contributed by atoms with Crippen LogP contribution in [-0.2, 0) is 14.3 Å². The molecule has 6 rings (SSSR count). The van der Waals surface area contributed by atoms with Crippen LogP contribution in [0.4, 0.5) is 0 Å². The number of aromatic amines is 1. The first kappa shape index (κ1) is 15.9. The van der Waals surface area contributed by atoms with Crippen LogP contribution in [0.15, 0.2) is 34.1 Å². The molecule has 8 heteroatoms. The summed E-state index contributed by atoms with van der Waals surface area (Å²) in [6.07, 6.45) is 0.821. The standard InChI is InChI=1S/C19H15NO5S2/c21-9-4-2-1-3-6(9)10-11-7-5-8(13-12(7)17(22)25-18(13)23)14(11)26-16-15(10)27-19(24)20-16/h1-4,7-8,10-14,21H,5H2,(H,20,24)/t7-,8+,10+,11-,12+,13-,14-/m0/s1. The van der Waals surface area contributed by atoms with Crippen molar-refractivity contribution in [1.82, 2.24) is 4.98 Å². The number of ether oxygens (including phenoxy) is 1. The highest BCUT2D eigenvalue weighted by Gasteiger charge is 2.69. The molecule has 0 amide bonds. The summed E-state index contributed by atoms with van der Waals surface area (Å²) < 4.78 is 4.97. The highest BCUT2D eigenvalue weighted by atomic mass is 32.2. The number of rotatable bonds is 1. The van der Waals surface area contributed by atoms with E-state index in [0.29, 0.717) is 0 Å². The van der Waals surface area contributed by atoms with E-state index in [1.54, 1.807) is 23.9 Å². The highest BCUT2D eigenvalue weighted by molar-refractivity contribution is 8.00. The fourth-order valence-electron chi connectivity index (χ4n) is 5.91. The van der Waals surface area contributed by atoms with Crippen molar-refractivity contribution >= 4 is 35.0 Å². The van der Waals surface area contributed by atoms with Crippen LogP contribution in [0.25, 0.3) is 0 Å². The van der Waals surface area contributed by atoms with Gasteiger partial charge in [-0.05, 0) is 30.2 Å². The zero-order valence-electron chi connectivity index (χ0n) is 14.0. The predicted octanol–water partition coefficient (Wildman–Crippen LogP) is 2.33. The monoisotopic (exact) mass is 401 g/mol. The van der Waals surface area contributed by atoms with E-state index < -0.39 is 5.97 Å². The molecule has 3 fully saturated rings. The molecule has 1 aromatic heterocycles. The lowest BCUT2D eigenvalue weighted by atomic mass is 9.68. The number of fused-ring (bicyclic) bond motifs is 9. The topological polar surface area (TPSA) is 96.5 Å². The van der Waals surface area contributed by atoms with Gasteiger partial charge in [-0.2, -0.15) is 0 Å². The Morgan fingerprint density at radius 1 is 1.07 bits per heavy atom. The van der Waals surface area contributed by atoms with Gasteiger partial charge >= 0.3 is 16.8 Å². The minimum atomic E-state index is -0.398. The third kappa shape index (κ3) is 1.95. The fourth-order valence-corrected chi connectivity index (χ4v) is 8.79. The number of thioether (sulfide) groups is 1. The van der Waals surface area contributed by atoms with Gasteiger partial charge in [0.1, 0.15) is 5.75 Å². The maximum atomic E-state index is 12.3. The quantitative estimate of drug-likeness (QED) is 0.562. The minimum absolute atomic E-state index is 0.0337. The smallest absolute Gasteiger partial charge is 0.317 e. The van der Waals surface area contributed by atoms with Crippen LogP contribution in [0.1, 0.15) is 22.8 Å². The number of esters is 2. The van der Waals surface area contributed by atoms with Crippen molar-refractivity contribution in [2.75, 3.05) is 0 Å². The maximum Gasteiger partial charge on any atom is 0.317 e. The summed E-state index contributed by atoms with van der Waals surface area (Å²) in [5, 5.41) is 11.5. The van der Waals surface area contributed by atoms with Crippen molar-refractivity contribution in [3.63, 3.8) is 0 Å². The Bertz CT molecular complexity index is 1060. The Labute approximate surface area is 161 Å². The number of benzene rings is 1. The van der Waals surface area contributed by atoms with E-state index in [1.165, 1.54) is 11.3 Å². The lowest BCUT2D eigenvalue weighted by Gasteiger charge is -2.42. The van der Waals surface area contributed by atoms with E-state index in [-0.39, 0.29) is 57.3 Å². The van der Waals surface area contributed by atoms with Gasteiger partial charge in [-0.3, -0.25) is 14.4 Å².